The van der Waals surface area contributed by atoms with Gasteiger partial charge in [-0.05, 0) is 36.8 Å². The lowest BCUT2D eigenvalue weighted by Crippen LogP contribution is -2.06. The third kappa shape index (κ3) is 3.99. The predicted octanol–water partition coefficient (Wildman–Crippen LogP) is 6.21. The minimum absolute atomic E-state index is 0.673. The van der Waals surface area contributed by atoms with Crippen LogP contribution in [0, 0.1) is 6.92 Å². The highest BCUT2D eigenvalue weighted by atomic mass is 15.4. The van der Waals surface area contributed by atoms with Gasteiger partial charge in [-0.1, -0.05) is 66.7 Å². The number of para-hydroxylation sites is 1. The van der Waals surface area contributed by atoms with Crippen molar-refractivity contribution in [3.05, 3.63) is 102 Å². The van der Waals surface area contributed by atoms with Gasteiger partial charge in [0.15, 0.2) is 11.5 Å². The van der Waals surface area contributed by atoms with Crippen LogP contribution in [0.15, 0.2) is 101 Å². The third-order valence-corrected chi connectivity index (χ3v) is 4.35. The van der Waals surface area contributed by atoms with E-state index in [1.165, 1.54) is 5.56 Å². The van der Waals surface area contributed by atoms with Crippen LogP contribution in [-0.2, 0) is 6.54 Å². The number of anilines is 1. The van der Waals surface area contributed by atoms with Crippen molar-refractivity contribution in [1.29, 1.82) is 0 Å². The van der Waals surface area contributed by atoms with Crippen molar-refractivity contribution in [3.63, 3.8) is 0 Å². The lowest BCUT2D eigenvalue weighted by Gasteiger charge is -2.10. The monoisotopic (exact) mass is 367 g/mol. The summed E-state index contributed by atoms with van der Waals surface area (Å²) in [6.07, 6.45) is 0. The molecular weight excluding hydrogens is 346 g/mol. The van der Waals surface area contributed by atoms with Crippen LogP contribution in [0.25, 0.3) is 5.69 Å². The van der Waals surface area contributed by atoms with E-state index in [0.29, 0.717) is 6.54 Å². The minimum atomic E-state index is 0.673. The highest BCUT2D eigenvalue weighted by Crippen LogP contribution is 2.33. The van der Waals surface area contributed by atoms with Crippen LogP contribution in [0.4, 0.5) is 17.2 Å². The Morgan fingerprint density at radius 2 is 1.39 bits per heavy atom. The normalized spacial score (nSPS) is 11.0. The summed E-state index contributed by atoms with van der Waals surface area (Å²) in [6, 6.07) is 30.0. The van der Waals surface area contributed by atoms with Crippen LogP contribution in [0.1, 0.15) is 11.3 Å². The molecule has 0 saturated carbocycles. The van der Waals surface area contributed by atoms with Gasteiger partial charge < -0.3 is 5.32 Å². The maximum absolute atomic E-state index is 4.71. The van der Waals surface area contributed by atoms with Gasteiger partial charge in [0.2, 0.25) is 0 Å². The van der Waals surface area contributed by atoms with E-state index in [9.17, 15) is 0 Å². The standard InChI is InChI=1S/C23H21N5/c1-18-22(26-25-20-13-7-3-8-14-20)23(24-17-19-11-5-2-6-12-19)28(27-18)21-15-9-4-10-16-21/h2-16,24H,17H2,1H3. The van der Waals surface area contributed by atoms with Gasteiger partial charge in [0.1, 0.15) is 0 Å². The largest absolute Gasteiger partial charge is 0.364 e. The molecule has 0 atom stereocenters. The van der Waals surface area contributed by atoms with Crippen molar-refractivity contribution in [3.8, 4) is 5.69 Å². The molecule has 1 heterocycles. The van der Waals surface area contributed by atoms with Gasteiger partial charge in [0.05, 0.1) is 17.1 Å². The predicted molar refractivity (Wildman–Crippen MR) is 113 cm³/mol. The first-order valence-corrected chi connectivity index (χ1v) is 9.21. The van der Waals surface area contributed by atoms with E-state index < -0.39 is 0 Å². The molecule has 0 unspecified atom stereocenters. The molecule has 4 rings (SSSR count). The van der Waals surface area contributed by atoms with Crippen LogP contribution in [-0.4, -0.2) is 9.78 Å². The molecule has 1 aromatic heterocycles. The quantitative estimate of drug-likeness (QED) is 0.412. The molecule has 3 aromatic carbocycles. The van der Waals surface area contributed by atoms with Crippen LogP contribution in [0.5, 0.6) is 0 Å². The molecule has 5 heteroatoms. The molecule has 0 spiro atoms. The van der Waals surface area contributed by atoms with Crippen LogP contribution in [0.2, 0.25) is 0 Å². The summed E-state index contributed by atoms with van der Waals surface area (Å²) >= 11 is 0. The molecule has 1 N–H and O–H groups in total. The number of aryl methyl sites for hydroxylation is 1. The van der Waals surface area contributed by atoms with Crippen molar-refractivity contribution < 1.29 is 0 Å². The highest BCUT2D eigenvalue weighted by molar-refractivity contribution is 5.67. The minimum Gasteiger partial charge on any atom is -0.364 e. The van der Waals surface area contributed by atoms with Crippen molar-refractivity contribution in [2.45, 2.75) is 13.5 Å². The first kappa shape index (κ1) is 17.7. The molecule has 0 saturated heterocycles. The second-order valence-corrected chi connectivity index (χ2v) is 6.40. The first-order valence-electron chi connectivity index (χ1n) is 9.21. The molecule has 5 nitrogen and oxygen atoms in total. The fourth-order valence-electron chi connectivity index (χ4n) is 2.94. The number of azo groups is 1. The van der Waals surface area contributed by atoms with Gasteiger partial charge in [0, 0.05) is 6.54 Å². The van der Waals surface area contributed by atoms with Gasteiger partial charge in [-0.3, -0.25) is 0 Å². The molecule has 0 fully saturated rings. The topological polar surface area (TPSA) is 54.6 Å². The summed E-state index contributed by atoms with van der Waals surface area (Å²) in [5, 5.41) is 17.1. The fourth-order valence-corrected chi connectivity index (χ4v) is 2.94. The second-order valence-electron chi connectivity index (χ2n) is 6.40. The molecule has 4 aromatic rings. The zero-order chi connectivity index (χ0) is 19.2. The van der Waals surface area contributed by atoms with Gasteiger partial charge >= 0.3 is 0 Å². The lowest BCUT2D eigenvalue weighted by atomic mass is 10.2. The molecule has 28 heavy (non-hydrogen) atoms. The number of rotatable bonds is 6. The van der Waals surface area contributed by atoms with Gasteiger partial charge in [-0.25, -0.2) is 4.68 Å². The van der Waals surface area contributed by atoms with Crippen molar-refractivity contribution >= 4 is 17.2 Å². The average molecular weight is 367 g/mol. The number of benzene rings is 3. The Labute approximate surface area is 164 Å². The van der Waals surface area contributed by atoms with Crippen LogP contribution >= 0.6 is 0 Å². The van der Waals surface area contributed by atoms with E-state index in [-0.39, 0.29) is 0 Å². The SMILES string of the molecule is Cc1nn(-c2ccccc2)c(NCc2ccccc2)c1N=Nc1ccccc1. The van der Waals surface area contributed by atoms with E-state index in [1.54, 1.807) is 0 Å². The smallest absolute Gasteiger partial charge is 0.158 e. The molecular formula is C23H21N5. The summed E-state index contributed by atoms with van der Waals surface area (Å²) in [6.45, 7) is 2.62. The van der Waals surface area contributed by atoms with Gasteiger partial charge in [0.25, 0.3) is 0 Å². The van der Waals surface area contributed by atoms with Crippen molar-refractivity contribution in [2.24, 2.45) is 10.2 Å². The number of hydrogen-bond acceptors (Lipinski definition) is 4. The molecule has 0 bridgehead atoms. The van der Waals surface area contributed by atoms with Gasteiger partial charge in [-0.2, -0.15) is 10.2 Å². The maximum Gasteiger partial charge on any atom is 0.158 e. The molecule has 0 aliphatic rings. The fraction of sp³-hybridized carbons (Fsp3) is 0.0870. The van der Waals surface area contributed by atoms with E-state index in [0.717, 1.165) is 28.6 Å². The Morgan fingerprint density at radius 1 is 0.786 bits per heavy atom. The first-order chi connectivity index (χ1) is 13.8. The second kappa shape index (κ2) is 8.31. The number of nitrogens with zero attached hydrogens (tertiary/aromatic N) is 4. The highest BCUT2D eigenvalue weighted by Gasteiger charge is 2.16. The molecule has 0 amide bonds. The molecule has 138 valence electrons. The molecule has 0 radical (unpaired) electrons. The van der Waals surface area contributed by atoms with Gasteiger partial charge in [-0.15, -0.1) is 5.11 Å². The van der Waals surface area contributed by atoms with E-state index in [2.05, 4.69) is 27.7 Å². The molecule has 0 aliphatic heterocycles. The summed E-state index contributed by atoms with van der Waals surface area (Å²) in [7, 11) is 0. The summed E-state index contributed by atoms with van der Waals surface area (Å²) in [4.78, 5) is 0. The zero-order valence-electron chi connectivity index (χ0n) is 15.7. The maximum atomic E-state index is 4.71. The van der Waals surface area contributed by atoms with Crippen molar-refractivity contribution in [2.75, 3.05) is 5.32 Å². The average Bonchev–Trinajstić information content (AvgIpc) is 3.08. The summed E-state index contributed by atoms with van der Waals surface area (Å²) in [5.74, 6) is 0.826. The lowest BCUT2D eigenvalue weighted by molar-refractivity contribution is 0.859. The number of nitrogens with one attached hydrogen (secondary N) is 1. The Hall–Kier alpha value is -3.73. The summed E-state index contributed by atoms with van der Waals surface area (Å²) < 4.78 is 1.89. The Bertz CT molecular complexity index is 1050. The van der Waals surface area contributed by atoms with Crippen molar-refractivity contribution in [1.82, 2.24) is 9.78 Å². The third-order valence-electron chi connectivity index (χ3n) is 4.35. The number of aromatic nitrogens is 2. The Balaban J connectivity index is 1.72. The summed E-state index contributed by atoms with van der Waals surface area (Å²) in [5.41, 5.74) is 4.53. The zero-order valence-corrected chi connectivity index (χ0v) is 15.7. The van der Waals surface area contributed by atoms with Crippen LogP contribution in [0.3, 0.4) is 0 Å². The molecule has 0 aliphatic carbocycles. The van der Waals surface area contributed by atoms with E-state index in [4.69, 9.17) is 5.10 Å². The Kier molecular flexibility index (Phi) is 5.24. The number of hydrogen-bond donors (Lipinski definition) is 1. The van der Waals surface area contributed by atoms with Crippen LogP contribution < -0.4 is 5.32 Å². The van der Waals surface area contributed by atoms with E-state index >= 15 is 0 Å². The van der Waals surface area contributed by atoms with E-state index in [1.807, 2.05) is 90.5 Å². The Morgan fingerprint density at radius 3 is 2.07 bits per heavy atom.